The fraction of sp³-hybridized carbons (Fsp3) is 0.636. The van der Waals surface area contributed by atoms with Gasteiger partial charge in [-0.25, -0.2) is 0 Å². The molecule has 102 valence electrons. The summed E-state index contributed by atoms with van der Waals surface area (Å²) in [5.41, 5.74) is 0. The van der Waals surface area contributed by atoms with E-state index >= 15 is 0 Å². The van der Waals surface area contributed by atoms with E-state index in [0.717, 1.165) is 32.7 Å². The molecule has 1 amide bonds. The summed E-state index contributed by atoms with van der Waals surface area (Å²) in [6.45, 7) is 8.42. The zero-order valence-corrected chi connectivity index (χ0v) is 11.9. The average Bonchev–Trinajstić information content (AvgIpc) is 3.01. The molecule has 1 aliphatic rings. The van der Waals surface area contributed by atoms with Gasteiger partial charge < -0.3 is 9.80 Å². The first-order chi connectivity index (χ1) is 9.19. The van der Waals surface area contributed by atoms with Crippen molar-refractivity contribution in [2.24, 2.45) is 0 Å². The number of hydrogen-bond donors (Lipinski definition) is 0. The molecule has 3 heterocycles. The van der Waals surface area contributed by atoms with E-state index in [2.05, 4.69) is 27.1 Å². The molecule has 7 nitrogen and oxygen atoms in total. The van der Waals surface area contributed by atoms with E-state index in [0.29, 0.717) is 15.8 Å². The van der Waals surface area contributed by atoms with Gasteiger partial charge in [-0.2, -0.15) is 4.52 Å². The first-order valence-corrected chi connectivity index (χ1v) is 7.21. The van der Waals surface area contributed by atoms with Crippen molar-refractivity contribution in [3.8, 4) is 0 Å². The molecule has 0 atom stereocenters. The molecule has 0 N–H and O–H groups in total. The van der Waals surface area contributed by atoms with Gasteiger partial charge >= 0.3 is 0 Å². The van der Waals surface area contributed by atoms with Crippen molar-refractivity contribution in [2.45, 2.75) is 13.8 Å². The van der Waals surface area contributed by atoms with Gasteiger partial charge in [0.15, 0.2) is 5.82 Å². The van der Waals surface area contributed by atoms with E-state index in [1.54, 1.807) is 4.52 Å². The Morgan fingerprint density at radius 1 is 1.26 bits per heavy atom. The number of aryl methyl sites for hydroxylation is 1. The Hall–Kier alpha value is -1.54. The van der Waals surface area contributed by atoms with Gasteiger partial charge in [0.2, 0.25) is 9.97 Å². The molecule has 1 aliphatic heterocycles. The third-order valence-electron chi connectivity index (χ3n) is 3.44. The highest BCUT2D eigenvalue weighted by molar-refractivity contribution is 7.18. The lowest BCUT2D eigenvalue weighted by molar-refractivity contribution is 0.0642. The molecule has 2 aromatic rings. The fourth-order valence-electron chi connectivity index (χ4n) is 2.20. The van der Waals surface area contributed by atoms with E-state index in [1.165, 1.54) is 11.3 Å². The molecule has 3 rings (SSSR count). The van der Waals surface area contributed by atoms with Crippen LogP contribution < -0.4 is 0 Å². The van der Waals surface area contributed by atoms with E-state index in [1.807, 2.05) is 11.8 Å². The van der Waals surface area contributed by atoms with Gasteiger partial charge in [0.1, 0.15) is 0 Å². The van der Waals surface area contributed by atoms with Crippen LogP contribution in [0.25, 0.3) is 4.96 Å². The van der Waals surface area contributed by atoms with E-state index in [-0.39, 0.29) is 5.91 Å². The maximum atomic E-state index is 12.4. The van der Waals surface area contributed by atoms with Gasteiger partial charge in [-0.05, 0) is 13.5 Å². The minimum absolute atomic E-state index is 0.00523. The number of likely N-dealkylation sites (N-methyl/N-ethyl adjacent to an activating group) is 1. The fourth-order valence-corrected chi connectivity index (χ4v) is 3.06. The van der Waals surface area contributed by atoms with Crippen LogP contribution in [0.1, 0.15) is 22.6 Å². The molecule has 0 radical (unpaired) electrons. The molecule has 0 aliphatic carbocycles. The van der Waals surface area contributed by atoms with Crippen LogP contribution in [0.15, 0.2) is 0 Å². The summed E-state index contributed by atoms with van der Waals surface area (Å²) in [7, 11) is 0. The summed E-state index contributed by atoms with van der Waals surface area (Å²) in [5.74, 6) is 0.715. The Labute approximate surface area is 114 Å². The summed E-state index contributed by atoms with van der Waals surface area (Å²) in [6.07, 6.45) is 0. The predicted molar refractivity (Wildman–Crippen MR) is 71.4 cm³/mol. The second kappa shape index (κ2) is 4.86. The maximum absolute atomic E-state index is 12.4. The van der Waals surface area contributed by atoms with E-state index in [9.17, 15) is 4.79 Å². The van der Waals surface area contributed by atoms with Crippen molar-refractivity contribution in [1.29, 1.82) is 0 Å². The molecule has 0 unspecified atom stereocenters. The van der Waals surface area contributed by atoms with Crippen molar-refractivity contribution in [3.05, 3.63) is 10.8 Å². The van der Waals surface area contributed by atoms with Crippen LogP contribution in [0, 0.1) is 6.92 Å². The van der Waals surface area contributed by atoms with Crippen LogP contribution >= 0.6 is 11.3 Å². The van der Waals surface area contributed by atoms with Gasteiger partial charge in [0, 0.05) is 26.2 Å². The standard InChI is InChI=1S/C11H16N6OS/c1-3-15-4-6-16(7-5-15)10(18)9-14-17-8(2)12-13-11(17)19-9/h3-7H2,1-2H3. The number of amides is 1. The van der Waals surface area contributed by atoms with Gasteiger partial charge in [0.05, 0.1) is 0 Å². The normalized spacial score (nSPS) is 17.3. The van der Waals surface area contributed by atoms with Crippen molar-refractivity contribution in [1.82, 2.24) is 29.6 Å². The Morgan fingerprint density at radius 3 is 2.63 bits per heavy atom. The highest BCUT2D eigenvalue weighted by Crippen LogP contribution is 2.16. The Kier molecular flexibility index (Phi) is 3.19. The number of nitrogens with zero attached hydrogens (tertiary/aromatic N) is 6. The van der Waals surface area contributed by atoms with Gasteiger partial charge in [-0.3, -0.25) is 4.79 Å². The second-order valence-electron chi connectivity index (χ2n) is 4.58. The number of piperazine rings is 1. The number of rotatable bonds is 2. The Balaban J connectivity index is 1.76. The highest BCUT2D eigenvalue weighted by atomic mass is 32.1. The molecule has 19 heavy (non-hydrogen) atoms. The quantitative estimate of drug-likeness (QED) is 0.790. The largest absolute Gasteiger partial charge is 0.334 e. The van der Waals surface area contributed by atoms with E-state index < -0.39 is 0 Å². The van der Waals surface area contributed by atoms with Crippen molar-refractivity contribution >= 4 is 22.2 Å². The number of carbonyl (C=O) groups is 1. The zero-order chi connectivity index (χ0) is 13.4. The highest BCUT2D eigenvalue weighted by Gasteiger charge is 2.24. The molecular weight excluding hydrogens is 264 g/mol. The smallest absolute Gasteiger partial charge is 0.284 e. The molecule has 0 saturated carbocycles. The van der Waals surface area contributed by atoms with E-state index in [4.69, 9.17) is 0 Å². The molecular formula is C11H16N6OS. The van der Waals surface area contributed by atoms with Crippen molar-refractivity contribution in [2.75, 3.05) is 32.7 Å². The first kappa shape index (κ1) is 12.5. The lowest BCUT2D eigenvalue weighted by Crippen LogP contribution is -2.48. The first-order valence-electron chi connectivity index (χ1n) is 6.39. The monoisotopic (exact) mass is 280 g/mol. The second-order valence-corrected chi connectivity index (χ2v) is 5.53. The van der Waals surface area contributed by atoms with Gasteiger partial charge in [-0.15, -0.1) is 15.3 Å². The molecule has 0 bridgehead atoms. The minimum atomic E-state index is 0.00523. The summed E-state index contributed by atoms with van der Waals surface area (Å²) < 4.78 is 1.63. The van der Waals surface area contributed by atoms with Gasteiger partial charge in [-0.1, -0.05) is 18.3 Å². The average molecular weight is 280 g/mol. The maximum Gasteiger partial charge on any atom is 0.284 e. The summed E-state index contributed by atoms with van der Waals surface area (Å²) in [6, 6.07) is 0. The Morgan fingerprint density at radius 2 is 2.00 bits per heavy atom. The third kappa shape index (κ3) is 2.21. The summed E-state index contributed by atoms with van der Waals surface area (Å²) >= 11 is 1.30. The molecule has 0 spiro atoms. The lowest BCUT2D eigenvalue weighted by Gasteiger charge is -2.33. The number of fused-ring (bicyclic) bond motifs is 1. The molecule has 1 fully saturated rings. The van der Waals surface area contributed by atoms with Crippen LogP contribution in [0.3, 0.4) is 0 Å². The summed E-state index contributed by atoms with van der Waals surface area (Å²) in [4.78, 5) is 17.2. The number of aromatic nitrogens is 4. The van der Waals surface area contributed by atoms with Crippen LogP contribution in [0.5, 0.6) is 0 Å². The third-order valence-corrected chi connectivity index (χ3v) is 4.32. The molecule has 8 heteroatoms. The predicted octanol–water partition coefficient (Wildman–Crippen LogP) is 0.272. The Bertz CT molecular complexity index is 597. The lowest BCUT2D eigenvalue weighted by atomic mass is 10.3. The van der Waals surface area contributed by atoms with Crippen LogP contribution in [0.4, 0.5) is 0 Å². The van der Waals surface area contributed by atoms with Gasteiger partial charge in [0.25, 0.3) is 5.91 Å². The number of carbonyl (C=O) groups excluding carboxylic acids is 1. The molecule has 2 aromatic heterocycles. The van der Waals surface area contributed by atoms with Crippen LogP contribution in [0.2, 0.25) is 0 Å². The van der Waals surface area contributed by atoms with Crippen LogP contribution in [-0.2, 0) is 0 Å². The van der Waals surface area contributed by atoms with Crippen molar-refractivity contribution < 1.29 is 4.79 Å². The van der Waals surface area contributed by atoms with Crippen molar-refractivity contribution in [3.63, 3.8) is 0 Å². The zero-order valence-electron chi connectivity index (χ0n) is 11.0. The minimum Gasteiger partial charge on any atom is -0.334 e. The SMILES string of the molecule is CCN1CCN(C(=O)c2nn3c(C)nnc3s2)CC1. The summed E-state index contributed by atoms with van der Waals surface area (Å²) in [5, 5.41) is 12.7. The number of hydrogen-bond acceptors (Lipinski definition) is 6. The molecule has 0 aromatic carbocycles. The topological polar surface area (TPSA) is 66.6 Å². The molecule has 1 saturated heterocycles. The van der Waals surface area contributed by atoms with Crippen LogP contribution in [-0.4, -0.2) is 68.2 Å².